The number of nitrogens with one attached hydrogen (secondary N) is 2. The van der Waals surface area contributed by atoms with Gasteiger partial charge in [0.2, 0.25) is 5.91 Å². The van der Waals surface area contributed by atoms with E-state index in [2.05, 4.69) is 53.8 Å². The highest BCUT2D eigenvalue weighted by Crippen LogP contribution is 2.28. The molecule has 2 atom stereocenters. The van der Waals surface area contributed by atoms with Gasteiger partial charge in [0.05, 0.1) is 12.1 Å². The first-order chi connectivity index (χ1) is 11.9. The molecule has 1 fully saturated rings. The number of nitrogens with zero attached hydrogens (tertiary/aromatic N) is 2. The number of amides is 1. The monoisotopic (exact) mass is 340 g/mol. The van der Waals surface area contributed by atoms with Gasteiger partial charge in [-0.2, -0.15) is 5.10 Å². The summed E-state index contributed by atoms with van der Waals surface area (Å²) in [4.78, 5) is 12.9. The van der Waals surface area contributed by atoms with Crippen LogP contribution in [-0.2, 0) is 18.3 Å². The first-order valence-corrected chi connectivity index (χ1v) is 9.00. The summed E-state index contributed by atoms with van der Waals surface area (Å²) >= 11 is 0. The van der Waals surface area contributed by atoms with Crippen LogP contribution in [0.25, 0.3) is 0 Å². The molecular weight excluding hydrogens is 312 g/mol. The van der Waals surface area contributed by atoms with Crippen molar-refractivity contribution in [3.63, 3.8) is 0 Å². The Balaban J connectivity index is 1.60. The molecule has 0 saturated carbocycles. The summed E-state index contributed by atoms with van der Waals surface area (Å²) in [5, 5.41) is 10.9. The van der Waals surface area contributed by atoms with Gasteiger partial charge in [-0.15, -0.1) is 0 Å². The molecule has 1 aliphatic heterocycles. The summed E-state index contributed by atoms with van der Waals surface area (Å²) < 4.78 is 1.80. The van der Waals surface area contributed by atoms with Crippen molar-refractivity contribution in [2.24, 2.45) is 13.0 Å². The lowest BCUT2D eigenvalue weighted by atomic mass is 9.88. The van der Waals surface area contributed by atoms with E-state index in [0.29, 0.717) is 0 Å². The summed E-state index contributed by atoms with van der Waals surface area (Å²) in [6, 6.07) is 10.4. The van der Waals surface area contributed by atoms with Gasteiger partial charge < -0.3 is 10.6 Å². The molecule has 1 aromatic heterocycles. The van der Waals surface area contributed by atoms with Gasteiger partial charge in [-0.05, 0) is 37.8 Å². The lowest BCUT2D eigenvalue weighted by Crippen LogP contribution is -2.47. The van der Waals surface area contributed by atoms with Crippen LogP contribution in [0.2, 0.25) is 0 Å². The van der Waals surface area contributed by atoms with E-state index in [-0.39, 0.29) is 23.3 Å². The van der Waals surface area contributed by atoms with E-state index >= 15 is 0 Å². The molecule has 1 saturated heterocycles. The van der Waals surface area contributed by atoms with Crippen molar-refractivity contribution in [3.05, 3.63) is 53.9 Å². The van der Waals surface area contributed by atoms with Gasteiger partial charge in [-0.1, -0.05) is 30.3 Å². The molecule has 2 aromatic rings. The Morgan fingerprint density at radius 2 is 2.08 bits per heavy atom. The van der Waals surface area contributed by atoms with E-state index in [1.807, 2.05) is 25.5 Å². The van der Waals surface area contributed by atoms with E-state index in [9.17, 15) is 4.79 Å². The SMILES string of the molecule is Cn1cc([C@H]2CNC[C@@H]2C(=O)NC(C)(C)CCc2ccccc2)cn1. The average molecular weight is 340 g/mol. The fourth-order valence-electron chi connectivity index (χ4n) is 3.53. The van der Waals surface area contributed by atoms with Crippen molar-refractivity contribution >= 4 is 5.91 Å². The third-order valence-corrected chi connectivity index (χ3v) is 5.05. The van der Waals surface area contributed by atoms with Gasteiger partial charge in [0.15, 0.2) is 0 Å². The molecule has 0 aliphatic carbocycles. The molecule has 1 aliphatic rings. The van der Waals surface area contributed by atoms with Crippen molar-refractivity contribution in [2.45, 2.75) is 38.1 Å². The Morgan fingerprint density at radius 3 is 2.76 bits per heavy atom. The van der Waals surface area contributed by atoms with E-state index in [1.54, 1.807) is 4.68 Å². The Labute approximate surface area is 149 Å². The maximum Gasteiger partial charge on any atom is 0.225 e. The summed E-state index contributed by atoms with van der Waals surface area (Å²) in [7, 11) is 1.91. The average Bonchev–Trinajstić information content (AvgIpc) is 3.22. The highest BCUT2D eigenvalue weighted by Gasteiger charge is 2.36. The van der Waals surface area contributed by atoms with Crippen molar-refractivity contribution < 1.29 is 4.79 Å². The minimum Gasteiger partial charge on any atom is -0.351 e. The van der Waals surface area contributed by atoms with E-state index < -0.39 is 0 Å². The number of carbonyl (C=O) groups excluding carboxylic acids is 1. The molecule has 0 unspecified atom stereocenters. The van der Waals surface area contributed by atoms with Crippen LogP contribution in [-0.4, -0.2) is 34.3 Å². The van der Waals surface area contributed by atoms with Crippen molar-refractivity contribution in [3.8, 4) is 0 Å². The Hall–Kier alpha value is -2.14. The molecule has 134 valence electrons. The first-order valence-electron chi connectivity index (χ1n) is 9.00. The minimum absolute atomic E-state index is 0.0415. The molecule has 5 nitrogen and oxygen atoms in total. The number of aromatic nitrogens is 2. The number of aryl methyl sites for hydroxylation is 2. The molecule has 0 bridgehead atoms. The van der Waals surface area contributed by atoms with Crippen molar-refractivity contribution in [1.29, 1.82) is 0 Å². The van der Waals surface area contributed by atoms with Crippen molar-refractivity contribution in [2.75, 3.05) is 13.1 Å². The highest BCUT2D eigenvalue weighted by atomic mass is 16.2. The topological polar surface area (TPSA) is 59.0 Å². The quantitative estimate of drug-likeness (QED) is 0.848. The van der Waals surface area contributed by atoms with Gasteiger partial charge >= 0.3 is 0 Å². The molecule has 2 N–H and O–H groups in total. The van der Waals surface area contributed by atoms with Crippen LogP contribution in [0.5, 0.6) is 0 Å². The van der Waals surface area contributed by atoms with Gasteiger partial charge in [0, 0.05) is 37.8 Å². The summed E-state index contributed by atoms with van der Waals surface area (Å²) in [5.41, 5.74) is 2.21. The van der Waals surface area contributed by atoms with Gasteiger partial charge in [-0.25, -0.2) is 0 Å². The number of rotatable bonds is 6. The fraction of sp³-hybridized carbons (Fsp3) is 0.500. The first kappa shape index (κ1) is 17.7. The maximum absolute atomic E-state index is 12.9. The molecule has 25 heavy (non-hydrogen) atoms. The summed E-state index contributed by atoms with van der Waals surface area (Å²) in [5.74, 6) is 0.288. The molecule has 3 rings (SSSR count). The van der Waals surface area contributed by atoms with Crippen molar-refractivity contribution in [1.82, 2.24) is 20.4 Å². The predicted octanol–water partition coefficient (Wildman–Crippen LogP) is 2.25. The summed E-state index contributed by atoms with van der Waals surface area (Å²) in [6.07, 6.45) is 5.76. The lowest BCUT2D eigenvalue weighted by Gasteiger charge is -2.29. The van der Waals surface area contributed by atoms with Crippen LogP contribution in [0.15, 0.2) is 42.7 Å². The third kappa shape index (κ3) is 4.48. The molecule has 1 amide bonds. The summed E-state index contributed by atoms with van der Waals surface area (Å²) in [6.45, 7) is 5.76. The number of benzene rings is 1. The zero-order valence-electron chi connectivity index (χ0n) is 15.3. The van der Waals surface area contributed by atoms with Crippen LogP contribution >= 0.6 is 0 Å². The molecule has 5 heteroatoms. The highest BCUT2D eigenvalue weighted by molar-refractivity contribution is 5.81. The van der Waals surface area contributed by atoms with E-state index in [0.717, 1.165) is 31.5 Å². The van der Waals surface area contributed by atoms with Crippen LogP contribution in [0.3, 0.4) is 0 Å². The predicted molar refractivity (Wildman–Crippen MR) is 99.3 cm³/mol. The number of carbonyl (C=O) groups is 1. The lowest BCUT2D eigenvalue weighted by molar-refractivity contribution is -0.126. The smallest absolute Gasteiger partial charge is 0.225 e. The van der Waals surface area contributed by atoms with E-state index in [4.69, 9.17) is 0 Å². The number of hydrogen-bond acceptors (Lipinski definition) is 3. The standard InChI is InChI=1S/C20H28N4O/c1-20(2,10-9-15-7-5-4-6-8-15)23-19(25)18-13-21-12-17(18)16-11-22-24(3)14-16/h4-8,11,14,17-18,21H,9-10,12-13H2,1-3H3,(H,23,25)/t17-,18+/m1/s1. The van der Waals surface area contributed by atoms with Crippen LogP contribution in [0, 0.1) is 5.92 Å². The maximum atomic E-state index is 12.9. The molecule has 0 radical (unpaired) electrons. The second kappa shape index (κ2) is 7.40. The molecular formula is C20H28N4O. The van der Waals surface area contributed by atoms with E-state index in [1.165, 1.54) is 5.56 Å². The van der Waals surface area contributed by atoms with Crippen LogP contribution in [0.4, 0.5) is 0 Å². The van der Waals surface area contributed by atoms with Crippen LogP contribution in [0.1, 0.15) is 37.3 Å². The fourth-order valence-corrected chi connectivity index (χ4v) is 3.53. The normalized spacial score (nSPS) is 20.6. The zero-order valence-corrected chi connectivity index (χ0v) is 15.3. The van der Waals surface area contributed by atoms with Crippen LogP contribution < -0.4 is 10.6 Å². The second-order valence-corrected chi connectivity index (χ2v) is 7.68. The largest absolute Gasteiger partial charge is 0.351 e. The van der Waals surface area contributed by atoms with Gasteiger partial charge in [0.1, 0.15) is 0 Å². The molecule has 1 aromatic carbocycles. The van der Waals surface area contributed by atoms with Gasteiger partial charge in [-0.3, -0.25) is 9.48 Å². The number of hydrogen-bond donors (Lipinski definition) is 2. The Bertz CT molecular complexity index is 707. The Kier molecular flexibility index (Phi) is 5.23. The third-order valence-electron chi connectivity index (χ3n) is 5.05. The molecule has 2 heterocycles. The minimum atomic E-state index is -0.227. The molecule has 0 spiro atoms. The van der Waals surface area contributed by atoms with Gasteiger partial charge in [0.25, 0.3) is 0 Å². The second-order valence-electron chi connectivity index (χ2n) is 7.68. The zero-order chi connectivity index (χ0) is 17.9. The Morgan fingerprint density at radius 1 is 1.32 bits per heavy atom.